The lowest BCUT2D eigenvalue weighted by molar-refractivity contribution is 0.339. The Labute approximate surface area is 190 Å². The van der Waals surface area contributed by atoms with Gasteiger partial charge >= 0.3 is 0 Å². The largest absolute Gasteiger partial charge is 0.497 e. The molecular weight excluding hydrogens is 437 g/mol. The Morgan fingerprint density at radius 3 is 2.42 bits per heavy atom. The van der Waals surface area contributed by atoms with Crippen molar-refractivity contribution in [2.75, 3.05) is 14.2 Å². The number of benzene rings is 2. The lowest BCUT2D eigenvalue weighted by Gasteiger charge is -2.25. The molecule has 0 atom stereocenters. The zero-order chi connectivity index (χ0) is 21.8. The Hall–Kier alpha value is -2.25. The number of aromatic nitrogens is 3. The van der Waals surface area contributed by atoms with E-state index in [1.54, 1.807) is 26.4 Å². The van der Waals surface area contributed by atoms with E-state index >= 15 is 0 Å². The Morgan fingerprint density at radius 1 is 1.06 bits per heavy atom. The number of rotatable bonds is 7. The number of hydrogen-bond acceptors (Lipinski definition) is 5. The fourth-order valence-corrected chi connectivity index (χ4v) is 5.33. The minimum absolute atomic E-state index is 0.300. The molecule has 1 aliphatic carbocycles. The highest BCUT2D eigenvalue weighted by atomic mass is 35.5. The summed E-state index contributed by atoms with van der Waals surface area (Å²) in [6.45, 7) is 0. The first kappa shape index (κ1) is 22.0. The lowest BCUT2D eigenvalue weighted by atomic mass is 9.95. The van der Waals surface area contributed by atoms with Crippen LogP contribution >= 0.6 is 23.4 Å². The summed E-state index contributed by atoms with van der Waals surface area (Å²) >= 11 is 7.69. The molecule has 0 unspecified atom stereocenters. The van der Waals surface area contributed by atoms with Crippen molar-refractivity contribution in [3.63, 3.8) is 0 Å². The Balaban J connectivity index is 1.72. The van der Waals surface area contributed by atoms with E-state index in [-0.39, 0.29) is 5.82 Å². The third kappa shape index (κ3) is 4.83. The van der Waals surface area contributed by atoms with Gasteiger partial charge in [-0.25, -0.2) is 4.39 Å². The molecule has 0 spiro atoms. The van der Waals surface area contributed by atoms with Crippen molar-refractivity contribution >= 4 is 23.4 Å². The molecule has 0 aliphatic heterocycles. The molecule has 4 rings (SSSR count). The molecule has 31 heavy (non-hydrogen) atoms. The van der Waals surface area contributed by atoms with Crippen molar-refractivity contribution in [2.24, 2.45) is 0 Å². The fourth-order valence-electron chi connectivity index (χ4n) is 3.98. The second-order valence-electron chi connectivity index (χ2n) is 7.56. The maximum atomic E-state index is 14.3. The van der Waals surface area contributed by atoms with Gasteiger partial charge in [-0.05, 0) is 37.1 Å². The van der Waals surface area contributed by atoms with Crippen molar-refractivity contribution in [2.45, 2.75) is 49.1 Å². The predicted octanol–water partition coefficient (Wildman–Crippen LogP) is 6.55. The summed E-state index contributed by atoms with van der Waals surface area (Å²) in [4.78, 5) is 0. The molecule has 164 valence electrons. The van der Waals surface area contributed by atoms with E-state index in [0.29, 0.717) is 33.9 Å². The van der Waals surface area contributed by atoms with Crippen LogP contribution in [0.25, 0.3) is 11.4 Å². The van der Waals surface area contributed by atoms with Crippen molar-refractivity contribution in [1.29, 1.82) is 0 Å². The molecule has 0 radical (unpaired) electrons. The van der Waals surface area contributed by atoms with E-state index in [0.717, 1.165) is 29.4 Å². The van der Waals surface area contributed by atoms with E-state index in [1.165, 1.54) is 37.1 Å². The number of hydrogen-bond donors (Lipinski definition) is 0. The molecule has 1 heterocycles. The second-order valence-corrected chi connectivity index (χ2v) is 8.91. The molecule has 0 amide bonds. The zero-order valence-corrected chi connectivity index (χ0v) is 19.2. The topological polar surface area (TPSA) is 49.2 Å². The van der Waals surface area contributed by atoms with Gasteiger partial charge in [0.25, 0.3) is 0 Å². The molecule has 1 aliphatic rings. The first-order valence-electron chi connectivity index (χ1n) is 10.3. The predicted molar refractivity (Wildman–Crippen MR) is 122 cm³/mol. The summed E-state index contributed by atoms with van der Waals surface area (Å²) in [6.07, 6.45) is 5.73. The standard InChI is InChI=1S/C23H25ClFN3O2S/c1-29-17-11-15(12-18(13-17)30-2)22-26-27-23(28(22)16-7-4-3-5-8-16)31-14-19-20(24)9-6-10-21(19)25/h6,9-13,16H,3-5,7-8,14H2,1-2H3. The number of nitrogens with zero attached hydrogens (tertiary/aromatic N) is 3. The third-order valence-electron chi connectivity index (χ3n) is 5.62. The van der Waals surface area contributed by atoms with Gasteiger partial charge < -0.3 is 9.47 Å². The summed E-state index contributed by atoms with van der Waals surface area (Å²) in [5.41, 5.74) is 1.36. The van der Waals surface area contributed by atoms with Crippen LogP contribution in [0.3, 0.4) is 0 Å². The second kappa shape index (κ2) is 9.92. The van der Waals surface area contributed by atoms with Gasteiger partial charge in [-0.1, -0.05) is 48.7 Å². The van der Waals surface area contributed by atoms with Crippen LogP contribution in [0.4, 0.5) is 4.39 Å². The molecule has 8 heteroatoms. The van der Waals surface area contributed by atoms with E-state index < -0.39 is 0 Å². The summed E-state index contributed by atoms with van der Waals surface area (Å²) < 4.78 is 27.4. The third-order valence-corrected chi connectivity index (χ3v) is 6.94. The fraction of sp³-hybridized carbons (Fsp3) is 0.391. The highest BCUT2D eigenvalue weighted by molar-refractivity contribution is 7.98. The van der Waals surface area contributed by atoms with Gasteiger partial charge in [0.1, 0.15) is 17.3 Å². The van der Waals surface area contributed by atoms with E-state index in [2.05, 4.69) is 14.8 Å². The average molecular weight is 462 g/mol. The Kier molecular flexibility index (Phi) is 7.02. The monoisotopic (exact) mass is 461 g/mol. The van der Waals surface area contributed by atoms with Crippen LogP contribution in [-0.4, -0.2) is 29.0 Å². The van der Waals surface area contributed by atoms with Crippen molar-refractivity contribution in [3.8, 4) is 22.9 Å². The van der Waals surface area contributed by atoms with Gasteiger partial charge in [-0.2, -0.15) is 0 Å². The quantitative estimate of drug-likeness (QED) is 0.373. The normalized spacial score (nSPS) is 14.6. The molecule has 1 saturated carbocycles. The molecule has 0 N–H and O–H groups in total. The highest BCUT2D eigenvalue weighted by Gasteiger charge is 2.25. The smallest absolute Gasteiger partial charge is 0.192 e. The molecule has 2 aromatic carbocycles. The van der Waals surface area contributed by atoms with Crippen molar-refractivity contribution in [1.82, 2.24) is 14.8 Å². The Bertz CT molecular complexity index is 1010. The van der Waals surface area contributed by atoms with Gasteiger partial charge in [-0.15, -0.1) is 10.2 Å². The van der Waals surface area contributed by atoms with Gasteiger partial charge in [0.15, 0.2) is 11.0 Å². The number of halogens is 2. The summed E-state index contributed by atoms with van der Waals surface area (Å²) in [6, 6.07) is 10.8. The molecule has 1 aromatic heterocycles. The van der Waals surface area contributed by atoms with Crippen LogP contribution < -0.4 is 9.47 Å². The van der Waals surface area contributed by atoms with Gasteiger partial charge in [0.2, 0.25) is 0 Å². The average Bonchev–Trinajstić information content (AvgIpc) is 3.23. The van der Waals surface area contributed by atoms with Crippen LogP contribution in [0.1, 0.15) is 43.7 Å². The van der Waals surface area contributed by atoms with Crippen molar-refractivity contribution < 1.29 is 13.9 Å². The van der Waals surface area contributed by atoms with Crippen LogP contribution in [0.2, 0.25) is 5.02 Å². The molecule has 3 aromatic rings. The summed E-state index contributed by atoms with van der Waals surface area (Å²) in [5, 5.41) is 10.2. The number of thioether (sulfide) groups is 1. The zero-order valence-electron chi connectivity index (χ0n) is 17.6. The van der Waals surface area contributed by atoms with Crippen LogP contribution in [0, 0.1) is 5.82 Å². The minimum Gasteiger partial charge on any atom is -0.497 e. The van der Waals surface area contributed by atoms with Crippen LogP contribution in [0.5, 0.6) is 11.5 Å². The van der Waals surface area contributed by atoms with E-state index in [9.17, 15) is 4.39 Å². The van der Waals surface area contributed by atoms with Crippen LogP contribution in [0.15, 0.2) is 41.6 Å². The maximum Gasteiger partial charge on any atom is 0.192 e. The lowest BCUT2D eigenvalue weighted by Crippen LogP contribution is -2.15. The SMILES string of the molecule is COc1cc(OC)cc(-c2nnc(SCc3c(F)cccc3Cl)n2C2CCCCC2)c1. The van der Waals surface area contributed by atoms with Gasteiger partial charge in [0, 0.05) is 34.0 Å². The highest BCUT2D eigenvalue weighted by Crippen LogP contribution is 2.38. The summed E-state index contributed by atoms with van der Waals surface area (Å²) in [7, 11) is 3.26. The minimum atomic E-state index is -0.304. The van der Waals surface area contributed by atoms with Gasteiger partial charge in [0.05, 0.1) is 14.2 Å². The summed E-state index contributed by atoms with van der Waals surface area (Å²) in [5.74, 6) is 2.24. The first-order chi connectivity index (χ1) is 15.1. The van der Waals surface area contributed by atoms with E-state index in [4.69, 9.17) is 21.1 Å². The van der Waals surface area contributed by atoms with Crippen LogP contribution in [-0.2, 0) is 5.75 Å². The Morgan fingerprint density at radius 2 is 1.77 bits per heavy atom. The van der Waals surface area contributed by atoms with Gasteiger partial charge in [-0.3, -0.25) is 4.57 Å². The van der Waals surface area contributed by atoms with Crippen molar-refractivity contribution in [3.05, 3.63) is 52.8 Å². The molecular formula is C23H25ClFN3O2S. The molecule has 1 fully saturated rings. The molecule has 0 bridgehead atoms. The first-order valence-corrected chi connectivity index (χ1v) is 11.7. The maximum absolute atomic E-state index is 14.3. The van der Waals surface area contributed by atoms with E-state index in [1.807, 2.05) is 18.2 Å². The molecule has 0 saturated heterocycles. The molecule has 5 nitrogen and oxygen atoms in total. The number of ether oxygens (including phenoxy) is 2. The number of methoxy groups -OCH3 is 2.